The molecule has 0 aliphatic rings. The summed E-state index contributed by atoms with van der Waals surface area (Å²) in [5.74, 6) is 0.111. The van der Waals surface area contributed by atoms with Gasteiger partial charge in [-0.1, -0.05) is 12.1 Å². The van der Waals surface area contributed by atoms with E-state index >= 15 is 0 Å². The van der Waals surface area contributed by atoms with Crippen LogP contribution in [-0.2, 0) is 0 Å². The van der Waals surface area contributed by atoms with Crippen LogP contribution in [0.25, 0.3) is 21.8 Å². The van der Waals surface area contributed by atoms with Crippen LogP contribution in [0.2, 0.25) is 0 Å². The summed E-state index contributed by atoms with van der Waals surface area (Å²) in [6.07, 6.45) is 2.04. The molecule has 0 unspecified atom stereocenters. The summed E-state index contributed by atoms with van der Waals surface area (Å²) in [6.45, 7) is 6.35. The maximum atomic E-state index is 7.67. The van der Waals surface area contributed by atoms with Crippen LogP contribution in [0.5, 0.6) is 0 Å². The molecule has 136 valence electrons. The highest BCUT2D eigenvalue weighted by molar-refractivity contribution is 8.00. The van der Waals surface area contributed by atoms with E-state index < -0.39 is 0 Å². The van der Waals surface area contributed by atoms with Crippen molar-refractivity contribution in [3.63, 3.8) is 0 Å². The van der Waals surface area contributed by atoms with Crippen LogP contribution in [0.15, 0.2) is 39.9 Å². The third kappa shape index (κ3) is 3.79. The van der Waals surface area contributed by atoms with Gasteiger partial charge in [0.2, 0.25) is 0 Å². The van der Waals surface area contributed by atoms with Gasteiger partial charge >= 0.3 is 0 Å². The predicted molar refractivity (Wildman–Crippen MR) is 117 cm³/mol. The number of anilines is 1. The molecule has 0 aliphatic heterocycles. The molecule has 1 aromatic carbocycles. The van der Waals surface area contributed by atoms with Gasteiger partial charge in [0.05, 0.1) is 14.8 Å². The van der Waals surface area contributed by atoms with Crippen molar-refractivity contribution < 1.29 is 0 Å². The van der Waals surface area contributed by atoms with Gasteiger partial charge in [-0.05, 0) is 38.3 Å². The second kappa shape index (κ2) is 8.24. The highest BCUT2D eigenvalue weighted by atomic mass is 32.2. The van der Waals surface area contributed by atoms with Crippen LogP contribution in [0.3, 0.4) is 0 Å². The van der Waals surface area contributed by atoms with E-state index in [9.17, 15) is 0 Å². The number of thiazole rings is 1. The van der Waals surface area contributed by atoms with Gasteiger partial charge < -0.3 is 10.6 Å². The molecule has 0 bridgehead atoms. The third-order valence-electron chi connectivity index (χ3n) is 4.18. The van der Waals surface area contributed by atoms with Crippen molar-refractivity contribution in [3.05, 3.63) is 40.6 Å². The standard InChI is InChI=1S/C19H22N4S3/c1-4-23(5-2)13-8-6-12(7-9-13)15-11-25-18(22-15)14-10-16(17(20)21)26-19(14)24-3/h6-11H,4-5H2,1-3H3,(H3,20,21). The molecule has 3 rings (SSSR count). The minimum atomic E-state index is 0.111. The molecule has 0 aliphatic carbocycles. The van der Waals surface area contributed by atoms with E-state index in [4.69, 9.17) is 16.1 Å². The van der Waals surface area contributed by atoms with Crippen molar-refractivity contribution in [3.8, 4) is 21.8 Å². The summed E-state index contributed by atoms with van der Waals surface area (Å²) in [5.41, 5.74) is 10.1. The quantitative estimate of drug-likeness (QED) is 0.316. The van der Waals surface area contributed by atoms with Crippen molar-refractivity contribution in [1.82, 2.24) is 4.98 Å². The zero-order valence-electron chi connectivity index (χ0n) is 15.1. The average molecular weight is 403 g/mol. The molecule has 2 aromatic heterocycles. The number of nitrogens with zero attached hydrogens (tertiary/aromatic N) is 2. The first-order valence-corrected chi connectivity index (χ1v) is 11.3. The first-order valence-electron chi connectivity index (χ1n) is 8.40. The van der Waals surface area contributed by atoms with Crippen LogP contribution in [0.1, 0.15) is 18.7 Å². The van der Waals surface area contributed by atoms with Crippen molar-refractivity contribution in [2.75, 3.05) is 24.2 Å². The molecule has 7 heteroatoms. The number of thioether (sulfide) groups is 1. The van der Waals surface area contributed by atoms with Crippen LogP contribution in [0.4, 0.5) is 5.69 Å². The third-order valence-corrected chi connectivity index (χ3v) is 7.35. The molecule has 0 spiro atoms. The number of nitrogen functional groups attached to an aromatic ring is 1. The number of nitrogens with two attached hydrogens (primary N) is 1. The van der Waals surface area contributed by atoms with Crippen molar-refractivity contribution in [2.45, 2.75) is 18.1 Å². The lowest BCUT2D eigenvalue weighted by atomic mass is 10.1. The number of hydrogen-bond donors (Lipinski definition) is 2. The van der Waals surface area contributed by atoms with Crippen molar-refractivity contribution >= 4 is 46.0 Å². The summed E-state index contributed by atoms with van der Waals surface area (Å²) in [7, 11) is 0. The Kier molecular flexibility index (Phi) is 6.01. The first-order chi connectivity index (χ1) is 12.6. The highest BCUT2D eigenvalue weighted by Gasteiger charge is 2.16. The maximum absolute atomic E-state index is 7.67. The van der Waals surface area contributed by atoms with Crippen molar-refractivity contribution in [1.29, 1.82) is 5.41 Å². The lowest BCUT2D eigenvalue weighted by Gasteiger charge is -2.20. The van der Waals surface area contributed by atoms with Crippen LogP contribution in [0, 0.1) is 5.41 Å². The van der Waals surface area contributed by atoms with E-state index in [1.54, 1.807) is 34.4 Å². The summed E-state index contributed by atoms with van der Waals surface area (Å²) in [6, 6.07) is 10.6. The Morgan fingerprint density at radius 2 is 1.92 bits per heavy atom. The fourth-order valence-electron chi connectivity index (χ4n) is 2.77. The van der Waals surface area contributed by atoms with Gasteiger partial charge in [0, 0.05) is 35.3 Å². The van der Waals surface area contributed by atoms with E-state index in [1.807, 2.05) is 12.3 Å². The Morgan fingerprint density at radius 1 is 1.23 bits per heavy atom. The lowest BCUT2D eigenvalue weighted by molar-refractivity contribution is 0.866. The lowest BCUT2D eigenvalue weighted by Crippen LogP contribution is -2.21. The molecule has 0 amide bonds. The number of nitrogens with one attached hydrogen (secondary N) is 1. The molecule has 0 saturated heterocycles. The van der Waals surface area contributed by atoms with Crippen LogP contribution < -0.4 is 10.6 Å². The molecular formula is C19H22N4S3. The predicted octanol–water partition coefficient (Wildman–Crippen LogP) is 5.39. The molecule has 0 fully saturated rings. The van der Waals surface area contributed by atoms with Gasteiger partial charge in [0.25, 0.3) is 0 Å². The van der Waals surface area contributed by atoms with Gasteiger partial charge in [-0.2, -0.15) is 0 Å². The zero-order chi connectivity index (χ0) is 18.7. The Labute approximate surface area is 166 Å². The molecule has 0 radical (unpaired) electrons. The minimum absolute atomic E-state index is 0.111. The molecule has 3 N–H and O–H groups in total. The number of amidine groups is 1. The van der Waals surface area contributed by atoms with Gasteiger partial charge in [-0.15, -0.1) is 34.4 Å². The van der Waals surface area contributed by atoms with E-state index in [2.05, 4.69) is 48.4 Å². The molecular weight excluding hydrogens is 380 g/mol. The monoisotopic (exact) mass is 402 g/mol. The molecule has 2 heterocycles. The number of aromatic nitrogens is 1. The number of hydrogen-bond acceptors (Lipinski definition) is 6. The normalized spacial score (nSPS) is 10.9. The Balaban J connectivity index is 1.90. The summed E-state index contributed by atoms with van der Waals surface area (Å²) >= 11 is 4.86. The fourth-order valence-corrected chi connectivity index (χ4v) is 5.48. The number of thiophene rings is 1. The van der Waals surface area contributed by atoms with Crippen LogP contribution in [-0.4, -0.2) is 30.2 Å². The number of benzene rings is 1. The maximum Gasteiger partial charge on any atom is 0.133 e. The van der Waals surface area contributed by atoms with Gasteiger partial charge in [0.15, 0.2) is 0 Å². The second-order valence-electron chi connectivity index (χ2n) is 5.69. The van der Waals surface area contributed by atoms with E-state index in [1.165, 1.54) is 5.69 Å². The Morgan fingerprint density at radius 3 is 2.50 bits per heavy atom. The van der Waals surface area contributed by atoms with Gasteiger partial charge in [0.1, 0.15) is 10.8 Å². The molecule has 0 atom stereocenters. The molecule has 4 nitrogen and oxygen atoms in total. The second-order valence-corrected chi connectivity index (χ2v) is 8.67. The molecule has 3 aromatic rings. The van der Waals surface area contributed by atoms with Crippen molar-refractivity contribution in [2.24, 2.45) is 5.73 Å². The van der Waals surface area contributed by atoms with Gasteiger partial charge in [-0.25, -0.2) is 4.98 Å². The smallest absolute Gasteiger partial charge is 0.133 e. The summed E-state index contributed by atoms with van der Waals surface area (Å²) < 4.78 is 1.15. The van der Waals surface area contributed by atoms with Gasteiger partial charge in [-0.3, -0.25) is 5.41 Å². The summed E-state index contributed by atoms with van der Waals surface area (Å²) in [5, 5.41) is 10.7. The Bertz CT molecular complexity index is 892. The first kappa shape index (κ1) is 18.9. The fraction of sp³-hybridized carbons (Fsp3) is 0.263. The average Bonchev–Trinajstić information content (AvgIpc) is 3.30. The minimum Gasteiger partial charge on any atom is -0.383 e. The zero-order valence-corrected chi connectivity index (χ0v) is 17.5. The SMILES string of the molecule is CCN(CC)c1ccc(-c2csc(-c3cc(C(=N)N)sc3SC)n2)cc1. The molecule has 26 heavy (non-hydrogen) atoms. The number of rotatable bonds is 7. The van der Waals surface area contributed by atoms with E-state index in [0.29, 0.717) is 0 Å². The van der Waals surface area contributed by atoms with E-state index in [-0.39, 0.29) is 5.84 Å². The van der Waals surface area contributed by atoms with E-state index in [0.717, 1.165) is 44.0 Å². The Hall–Kier alpha value is -1.83. The summed E-state index contributed by atoms with van der Waals surface area (Å²) in [4.78, 5) is 7.96. The highest BCUT2D eigenvalue weighted by Crippen LogP contribution is 2.40. The topological polar surface area (TPSA) is 66.0 Å². The largest absolute Gasteiger partial charge is 0.383 e. The molecule has 0 saturated carbocycles. The van der Waals surface area contributed by atoms with Crippen LogP contribution >= 0.6 is 34.4 Å².